The zero-order valence-electron chi connectivity index (χ0n) is 22.3. The van der Waals surface area contributed by atoms with E-state index in [0.717, 1.165) is 22.8 Å². The van der Waals surface area contributed by atoms with Crippen LogP contribution in [0.3, 0.4) is 0 Å². The first-order valence-electron chi connectivity index (χ1n) is 13.1. The minimum Gasteiger partial charge on any atom is -0.483 e. The Hall–Kier alpha value is -4.41. The molecule has 214 valence electrons. The standard InChI is InChI=1S/C28H29F2N7O4/c1-18(39)37-9-8-25(28(29,30)16-37)41-24-7-2-19(12-20(24)13-31)26-32-17-33-27(35-26)34-21-3-5-22(6-4-21)36-10-11-40-23(14-36)15-38/h2-7,12,17,23,25,38H,8-11,14-16H2,1H3,(H,32,33,34,35)/t23-,25?/m1/s1. The first kappa shape index (κ1) is 28.1. The molecule has 1 aromatic heterocycles. The number of carbonyl (C=O) groups is 1. The maximum atomic E-state index is 14.7. The van der Waals surface area contributed by atoms with E-state index < -0.39 is 24.5 Å². The lowest BCUT2D eigenvalue weighted by atomic mass is 10.0. The Labute approximate surface area is 235 Å². The highest BCUT2D eigenvalue weighted by atomic mass is 19.3. The van der Waals surface area contributed by atoms with Crippen LogP contribution >= 0.6 is 0 Å². The molecule has 2 N–H and O–H groups in total. The Bertz CT molecular complexity index is 1430. The summed E-state index contributed by atoms with van der Waals surface area (Å²) in [5.74, 6) is -3.09. The van der Waals surface area contributed by atoms with Crippen molar-refractivity contribution in [1.29, 1.82) is 5.26 Å². The highest BCUT2D eigenvalue weighted by Crippen LogP contribution is 2.33. The number of nitriles is 1. The van der Waals surface area contributed by atoms with Crippen LogP contribution in [0.25, 0.3) is 11.4 Å². The van der Waals surface area contributed by atoms with Crippen molar-refractivity contribution in [3.63, 3.8) is 0 Å². The summed E-state index contributed by atoms with van der Waals surface area (Å²) in [6, 6.07) is 14.2. The van der Waals surface area contributed by atoms with Crippen LogP contribution in [-0.4, -0.2) is 88.4 Å². The number of nitrogens with zero attached hydrogens (tertiary/aromatic N) is 6. The fraction of sp³-hybridized carbons (Fsp3) is 0.393. The Morgan fingerprint density at radius 2 is 2.05 bits per heavy atom. The number of rotatable bonds is 7. The maximum Gasteiger partial charge on any atom is 0.301 e. The van der Waals surface area contributed by atoms with Crippen LogP contribution in [0.2, 0.25) is 0 Å². The van der Waals surface area contributed by atoms with Crippen molar-refractivity contribution in [3.8, 4) is 23.2 Å². The quantitative estimate of drug-likeness (QED) is 0.440. The van der Waals surface area contributed by atoms with Crippen LogP contribution in [0.15, 0.2) is 48.8 Å². The number of amides is 1. The van der Waals surface area contributed by atoms with Crippen LogP contribution < -0.4 is 15.0 Å². The molecule has 11 nitrogen and oxygen atoms in total. The third-order valence-electron chi connectivity index (χ3n) is 7.01. The van der Waals surface area contributed by atoms with Gasteiger partial charge >= 0.3 is 5.92 Å². The van der Waals surface area contributed by atoms with E-state index in [0.29, 0.717) is 18.7 Å². The number of piperidine rings is 1. The molecule has 41 heavy (non-hydrogen) atoms. The third-order valence-corrected chi connectivity index (χ3v) is 7.01. The molecule has 1 amide bonds. The molecule has 2 aromatic carbocycles. The van der Waals surface area contributed by atoms with Crippen molar-refractivity contribution in [1.82, 2.24) is 19.9 Å². The smallest absolute Gasteiger partial charge is 0.301 e. The minimum atomic E-state index is -3.26. The average molecular weight is 566 g/mol. The second kappa shape index (κ2) is 12.0. The zero-order valence-corrected chi connectivity index (χ0v) is 22.3. The van der Waals surface area contributed by atoms with Crippen molar-refractivity contribution < 1.29 is 28.2 Å². The minimum absolute atomic E-state index is 0.0234. The summed E-state index contributed by atoms with van der Waals surface area (Å²) in [6.07, 6.45) is -0.394. The predicted octanol–water partition coefficient (Wildman–Crippen LogP) is 2.99. The van der Waals surface area contributed by atoms with Gasteiger partial charge in [-0.2, -0.15) is 10.2 Å². The topological polar surface area (TPSA) is 137 Å². The van der Waals surface area contributed by atoms with E-state index >= 15 is 0 Å². The molecule has 2 atom stereocenters. The van der Waals surface area contributed by atoms with E-state index in [4.69, 9.17) is 9.47 Å². The van der Waals surface area contributed by atoms with Gasteiger partial charge in [0.05, 0.1) is 31.4 Å². The van der Waals surface area contributed by atoms with E-state index in [1.165, 1.54) is 25.4 Å². The SMILES string of the molecule is CC(=O)N1CCC(Oc2ccc(-c3ncnc(Nc4ccc(N5CCO[C@@H](CO)C5)cc4)n3)cc2C#N)C(F)(F)C1. The Kier molecular flexibility index (Phi) is 8.23. The number of hydrogen-bond acceptors (Lipinski definition) is 10. The lowest BCUT2D eigenvalue weighted by Gasteiger charge is -2.37. The molecule has 2 aliphatic heterocycles. The summed E-state index contributed by atoms with van der Waals surface area (Å²) in [7, 11) is 0. The molecule has 3 heterocycles. The number of anilines is 3. The van der Waals surface area contributed by atoms with E-state index in [9.17, 15) is 23.9 Å². The molecular weight excluding hydrogens is 536 g/mol. The molecule has 2 fully saturated rings. The normalized spacial score (nSPS) is 20.3. The van der Waals surface area contributed by atoms with Gasteiger partial charge in [0.1, 0.15) is 18.1 Å². The van der Waals surface area contributed by atoms with Crippen molar-refractivity contribution in [3.05, 3.63) is 54.4 Å². The van der Waals surface area contributed by atoms with Crippen molar-refractivity contribution in [2.75, 3.05) is 49.6 Å². The molecule has 5 rings (SSSR count). The van der Waals surface area contributed by atoms with Gasteiger partial charge < -0.3 is 29.7 Å². The molecule has 0 bridgehead atoms. The fourth-order valence-corrected chi connectivity index (χ4v) is 4.79. The molecule has 2 saturated heterocycles. The fourth-order valence-electron chi connectivity index (χ4n) is 4.79. The van der Waals surface area contributed by atoms with Gasteiger partial charge in [0, 0.05) is 49.9 Å². The number of ether oxygens (including phenoxy) is 2. The molecule has 13 heteroatoms. The highest BCUT2D eigenvalue weighted by Gasteiger charge is 2.47. The molecule has 0 spiro atoms. The van der Waals surface area contributed by atoms with Crippen LogP contribution in [-0.2, 0) is 9.53 Å². The van der Waals surface area contributed by atoms with Gasteiger partial charge in [-0.15, -0.1) is 0 Å². The van der Waals surface area contributed by atoms with Gasteiger partial charge in [0.15, 0.2) is 11.9 Å². The Balaban J connectivity index is 1.27. The Morgan fingerprint density at radius 3 is 2.76 bits per heavy atom. The van der Waals surface area contributed by atoms with Gasteiger partial charge in [-0.05, 0) is 42.5 Å². The van der Waals surface area contributed by atoms with Crippen LogP contribution in [0, 0.1) is 11.3 Å². The molecule has 0 radical (unpaired) electrons. The summed E-state index contributed by atoms with van der Waals surface area (Å²) < 4.78 is 40.4. The molecular formula is C28H29F2N7O4. The Morgan fingerprint density at radius 1 is 1.24 bits per heavy atom. The molecule has 0 aliphatic carbocycles. The van der Waals surface area contributed by atoms with E-state index in [2.05, 4.69) is 25.2 Å². The summed E-state index contributed by atoms with van der Waals surface area (Å²) >= 11 is 0. The number of nitrogens with one attached hydrogen (secondary N) is 1. The van der Waals surface area contributed by atoms with Gasteiger partial charge in [0.2, 0.25) is 11.9 Å². The van der Waals surface area contributed by atoms with Crippen LogP contribution in [0.5, 0.6) is 5.75 Å². The number of aliphatic hydroxyl groups excluding tert-OH is 1. The number of morpholine rings is 1. The molecule has 1 unspecified atom stereocenters. The third kappa shape index (κ3) is 6.50. The van der Waals surface area contributed by atoms with E-state index in [-0.39, 0.29) is 48.8 Å². The number of benzene rings is 2. The van der Waals surface area contributed by atoms with Crippen molar-refractivity contribution in [2.24, 2.45) is 0 Å². The van der Waals surface area contributed by atoms with Gasteiger partial charge in [-0.25, -0.2) is 18.7 Å². The highest BCUT2D eigenvalue weighted by molar-refractivity contribution is 5.73. The monoisotopic (exact) mass is 565 g/mol. The van der Waals surface area contributed by atoms with Gasteiger partial charge in [-0.1, -0.05) is 0 Å². The van der Waals surface area contributed by atoms with Crippen molar-refractivity contribution >= 4 is 23.2 Å². The lowest BCUT2D eigenvalue weighted by Crippen LogP contribution is -2.54. The first-order valence-corrected chi connectivity index (χ1v) is 13.1. The summed E-state index contributed by atoms with van der Waals surface area (Å²) in [5.41, 5.74) is 2.29. The molecule has 0 saturated carbocycles. The second-order valence-electron chi connectivity index (χ2n) is 9.85. The number of halogens is 2. The number of aliphatic hydroxyl groups is 1. The maximum absolute atomic E-state index is 14.7. The zero-order chi connectivity index (χ0) is 29.0. The number of hydrogen-bond donors (Lipinski definition) is 2. The molecule has 3 aromatic rings. The number of alkyl halides is 2. The van der Waals surface area contributed by atoms with Crippen LogP contribution in [0.4, 0.5) is 26.1 Å². The number of likely N-dealkylation sites (tertiary alicyclic amines) is 1. The number of carbonyl (C=O) groups excluding carboxylic acids is 1. The first-order chi connectivity index (χ1) is 19.8. The second-order valence-corrected chi connectivity index (χ2v) is 9.85. The predicted molar refractivity (Wildman–Crippen MR) is 145 cm³/mol. The summed E-state index contributed by atoms with van der Waals surface area (Å²) in [5, 5.41) is 22.2. The van der Waals surface area contributed by atoms with Crippen LogP contribution in [0.1, 0.15) is 18.9 Å². The summed E-state index contributed by atoms with van der Waals surface area (Å²) in [4.78, 5) is 27.6. The largest absolute Gasteiger partial charge is 0.483 e. The van der Waals surface area contributed by atoms with E-state index in [1.807, 2.05) is 30.3 Å². The number of aromatic nitrogens is 3. The van der Waals surface area contributed by atoms with Crippen molar-refractivity contribution in [2.45, 2.75) is 31.5 Å². The van der Waals surface area contributed by atoms with Gasteiger partial charge in [-0.3, -0.25) is 4.79 Å². The van der Waals surface area contributed by atoms with Gasteiger partial charge in [0.25, 0.3) is 0 Å². The lowest BCUT2D eigenvalue weighted by molar-refractivity contribution is -0.158. The average Bonchev–Trinajstić information content (AvgIpc) is 2.98. The van der Waals surface area contributed by atoms with E-state index in [1.54, 1.807) is 6.07 Å². The molecule has 2 aliphatic rings. The summed E-state index contributed by atoms with van der Waals surface area (Å²) in [6.45, 7) is 2.53.